The molecule has 0 bridgehead atoms. The number of hydrogen-bond acceptors (Lipinski definition) is 6. The summed E-state index contributed by atoms with van der Waals surface area (Å²) in [6.45, 7) is 4.88. The number of aryl methyl sites for hydroxylation is 1. The van der Waals surface area contributed by atoms with Crippen molar-refractivity contribution in [3.05, 3.63) is 64.7 Å². The van der Waals surface area contributed by atoms with Gasteiger partial charge in [-0.3, -0.25) is 18.6 Å². The van der Waals surface area contributed by atoms with Crippen LogP contribution in [0, 0.1) is 5.82 Å². The summed E-state index contributed by atoms with van der Waals surface area (Å²) in [7, 11) is 0. The number of amides is 1. The summed E-state index contributed by atoms with van der Waals surface area (Å²) in [5, 5.41) is 9.83. The van der Waals surface area contributed by atoms with Crippen molar-refractivity contribution in [2.45, 2.75) is 31.5 Å². The topological polar surface area (TPSA) is 75.7 Å². The number of piperazine rings is 1. The van der Waals surface area contributed by atoms with Crippen LogP contribution in [0.2, 0.25) is 0 Å². The summed E-state index contributed by atoms with van der Waals surface area (Å²) in [6.07, 6.45) is 1.82. The van der Waals surface area contributed by atoms with Crippen molar-refractivity contribution in [1.29, 1.82) is 0 Å². The van der Waals surface area contributed by atoms with Gasteiger partial charge in [-0.2, -0.15) is 0 Å². The predicted octanol–water partition coefficient (Wildman–Crippen LogP) is 3.42. The van der Waals surface area contributed by atoms with Gasteiger partial charge < -0.3 is 9.80 Å². The molecular weight excluding hydrogens is 467 g/mol. The Morgan fingerprint density at radius 3 is 2.54 bits per heavy atom. The van der Waals surface area contributed by atoms with Crippen molar-refractivity contribution in [1.82, 2.24) is 24.1 Å². The van der Waals surface area contributed by atoms with Crippen LogP contribution < -0.4 is 10.5 Å². The largest absolute Gasteiger partial charge is 0.366 e. The zero-order valence-corrected chi connectivity index (χ0v) is 20.4. The number of rotatable bonds is 7. The molecule has 182 valence electrons. The number of anilines is 1. The number of para-hydroxylation sites is 2. The second-order valence-corrected chi connectivity index (χ2v) is 9.50. The Labute approximate surface area is 206 Å². The quantitative estimate of drug-likeness (QED) is 0.367. The molecule has 0 unspecified atom stereocenters. The van der Waals surface area contributed by atoms with Gasteiger partial charge in [-0.05, 0) is 30.7 Å². The first-order chi connectivity index (χ1) is 17.1. The number of carbonyl (C=O) groups excluding carboxylic acids is 1. The Balaban J connectivity index is 1.32. The lowest BCUT2D eigenvalue weighted by Crippen LogP contribution is -2.49. The van der Waals surface area contributed by atoms with E-state index in [9.17, 15) is 14.0 Å². The molecule has 1 aliphatic rings. The van der Waals surface area contributed by atoms with Crippen LogP contribution in [0.5, 0.6) is 0 Å². The molecule has 0 radical (unpaired) electrons. The molecule has 4 aromatic rings. The van der Waals surface area contributed by atoms with Gasteiger partial charge in [0.25, 0.3) is 5.56 Å². The van der Waals surface area contributed by atoms with E-state index in [1.807, 2.05) is 44.5 Å². The maximum atomic E-state index is 14.1. The van der Waals surface area contributed by atoms with Crippen LogP contribution in [0.15, 0.2) is 58.5 Å². The van der Waals surface area contributed by atoms with Gasteiger partial charge in [-0.1, -0.05) is 49.4 Å². The average molecular weight is 495 g/mol. The van der Waals surface area contributed by atoms with Crippen LogP contribution in [0.4, 0.5) is 10.1 Å². The minimum atomic E-state index is -0.244. The third kappa shape index (κ3) is 4.50. The molecule has 1 fully saturated rings. The zero-order valence-electron chi connectivity index (χ0n) is 19.6. The predicted molar refractivity (Wildman–Crippen MR) is 136 cm³/mol. The minimum Gasteiger partial charge on any atom is -0.366 e. The molecule has 1 saturated heterocycles. The molecule has 0 N–H and O–H groups in total. The molecule has 0 atom stereocenters. The third-order valence-corrected chi connectivity index (χ3v) is 7.28. The van der Waals surface area contributed by atoms with Crippen LogP contribution in [-0.2, 0) is 11.3 Å². The number of aromatic nitrogens is 4. The van der Waals surface area contributed by atoms with E-state index in [0.29, 0.717) is 54.7 Å². The van der Waals surface area contributed by atoms with E-state index in [1.54, 1.807) is 16.7 Å². The summed E-state index contributed by atoms with van der Waals surface area (Å²) < 4.78 is 17.7. The molecule has 35 heavy (non-hydrogen) atoms. The molecule has 10 heteroatoms. The van der Waals surface area contributed by atoms with Gasteiger partial charge in [0.05, 0.1) is 22.3 Å². The van der Waals surface area contributed by atoms with Crippen LogP contribution in [0.3, 0.4) is 0 Å². The number of halogens is 1. The lowest BCUT2D eigenvalue weighted by molar-refractivity contribution is -0.128. The Bertz CT molecular complexity index is 1430. The molecule has 8 nitrogen and oxygen atoms in total. The molecule has 2 aromatic carbocycles. The van der Waals surface area contributed by atoms with Crippen LogP contribution in [-0.4, -0.2) is 61.9 Å². The van der Waals surface area contributed by atoms with Gasteiger partial charge in [0.15, 0.2) is 5.16 Å². The van der Waals surface area contributed by atoms with E-state index >= 15 is 0 Å². The monoisotopic (exact) mass is 494 g/mol. The van der Waals surface area contributed by atoms with Crippen molar-refractivity contribution >= 4 is 40.0 Å². The summed E-state index contributed by atoms with van der Waals surface area (Å²) in [6, 6.07) is 14.1. The van der Waals surface area contributed by atoms with Gasteiger partial charge in [-0.25, -0.2) is 4.39 Å². The fourth-order valence-corrected chi connectivity index (χ4v) is 5.31. The molecule has 0 aliphatic carbocycles. The normalized spacial score (nSPS) is 14.2. The van der Waals surface area contributed by atoms with Gasteiger partial charge in [0.2, 0.25) is 11.7 Å². The smallest absolute Gasteiger partial charge is 0.262 e. The maximum Gasteiger partial charge on any atom is 0.262 e. The van der Waals surface area contributed by atoms with E-state index < -0.39 is 0 Å². The standard InChI is InChI=1S/C25H27FN6O2S/c1-2-3-12-31-23(34)18-8-4-6-10-20(18)32-24(31)27-28-25(32)35-17-22(33)30-15-13-29(14-16-30)21-11-7-5-9-19(21)26/h4-11H,2-3,12-17H2,1H3. The zero-order chi connectivity index (χ0) is 24.4. The molecule has 2 aromatic heterocycles. The van der Waals surface area contributed by atoms with E-state index in [1.165, 1.54) is 17.8 Å². The highest BCUT2D eigenvalue weighted by atomic mass is 32.2. The second-order valence-electron chi connectivity index (χ2n) is 8.55. The van der Waals surface area contributed by atoms with E-state index in [-0.39, 0.29) is 23.0 Å². The summed E-state index contributed by atoms with van der Waals surface area (Å²) in [4.78, 5) is 29.8. The summed E-state index contributed by atoms with van der Waals surface area (Å²) in [5.74, 6) is 0.466. The lowest BCUT2D eigenvalue weighted by Gasteiger charge is -2.36. The summed E-state index contributed by atoms with van der Waals surface area (Å²) in [5.41, 5.74) is 1.23. The van der Waals surface area contributed by atoms with Crippen LogP contribution in [0.25, 0.3) is 16.7 Å². The Kier molecular flexibility index (Phi) is 6.72. The van der Waals surface area contributed by atoms with Crippen molar-refractivity contribution in [2.75, 3.05) is 36.8 Å². The number of thioether (sulfide) groups is 1. The molecular formula is C25H27FN6O2S. The molecule has 0 saturated carbocycles. The van der Waals surface area contributed by atoms with Crippen molar-refractivity contribution in [3.63, 3.8) is 0 Å². The number of nitrogens with zero attached hydrogens (tertiary/aromatic N) is 6. The van der Waals surface area contributed by atoms with Crippen molar-refractivity contribution in [2.24, 2.45) is 0 Å². The number of benzene rings is 2. The van der Waals surface area contributed by atoms with E-state index in [2.05, 4.69) is 17.1 Å². The Morgan fingerprint density at radius 1 is 1.03 bits per heavy atom. The number of fused-ring (bicyclic) bond motifs is 3. The highest BCUT2D eigenvalue weighted by Crippen LogP contribution is 2.24. The number of carbonyl (C=O) groups is 1. The minimum absolute atomic E-state index is 0.00328. The van der Waals surface area contributed by atoms with Crippen LogP contribution >= 0.6 is 11.8 Å². The number of unbranched alkanes of at least 4 members (excludes halogenated alkanes) is 1. The highest BCUT2D eigenvalue weighted by Gasteiger charge is 2.24. The Morgan fingerprint density at radius 2 is 1.77 bits per heavy atom. The summed E-state index contributed by atoms with van der Waals surface area (Å²) >= 11 is 1.32. The van der Waals surface area contributed by atoms with E-state index in [4.69, 9.17) is 0 Å². The first-order valence-electron chi connectivity index (χ1n) is 11.8. The third-order valence-electron chi connectivity index (χ3n) is 6.36. The Hall–Kier alpha value is -3.40. The lowest BCUT2D eigenvalue weighted by atomic mass is 10.2. The maximum absolute atomic E-state index is 14.1. The fraction of sp³-hybridized carbons (Fsp3) is 0.360. The van der Waals surface area contributed by atoms with E-state index in [0.717, 1.165) is 18.4 Å². The fourth-order valence-electron chi connectivity index (χ4n) is 4.47. The molecule has 5 rings (SSSR count). The van der Waals surface area contributed by atoms with Crippen LogP contribution in [0.1, 0.15) is 19.8 Å². The van der Waals surface area contributed by atoms with Gasteiger partial charge in [0.1, 0.15) is 5.82 Å². The molecule has 0 spiro atoms. The van der Waals surface area contributed by atoms with Gasteiger partial charge >= 0.3 is 0 Å². The van der Waals surface area contributed by atoms with Crippen molar-refractivity contribution in [3.8, 4) is 0 Å². The molecule has 3 heterocycles. The molecule has 1 aliphatic heterocycles. The average Bonchev–Trinajstić information content (AvgIpc) is 3.31. The van der Waals surface area contributed by atoms with Gasteiger partial charge in [-0.15, -0.1) is 10.2 Å². The first-order valence-corrected chi connectivity index (χ1v) is 12.8. The SMILES string of the molecule is CCCCn1c(=O)c2ccccc2n2c(SCC(=O)N3CCN(c4ccccc4F)CC3)nnc12. The second kappa shape index (κ2) is 10.1. The number of hydrogen-bond donors (Lipinski definition) is 0. The molecule has 1 amide bonds. The first kappa shape index (κ1) is 23.3. The van der Waals surface area contributed by atoms with Gasteiger partial charge in [0, 0.05) is 32.7 Å². The van der Waals surface area contributed by atoms with Crippen molar-refractivity contribution < 1.29 is 9.18 Å². The highest BCUT2D eigenvalue weighted by molar-refractivity contribution is 7.99.